The summed E-state index contributed by atoms with van der Waals surface area (Å²) in [5.74, 6) is -1.15. The van der Waals surface area contributed by atoms with Crippen LogP contribution in [0.15, 0.2) is 41.3 Å². The molecule has 1 aliphatic carbocycles. The number of rotatable bonds is 4. The third-order valence-corrected chi connectivity index (χ3v) is 5.42. The number of aryl methyl sites for hydroxylation is 1. The lowest BCUT2D eigenvalue weighted by atomic mass is 10.1. The number of aromatic carboxylic acids is 1. The molecule has 6 nitrogen and oxygen atoms in total. The van der Waals surface area contributed by atoms with Crippen LogP contribution in [0.25, 0.3) is 0 Å². The molecule has 0 heterocycles. The second-order valence-electron chi connectivity index (χ2n) is 5.57. The Bertz CT molecular complexity index is 957. The molecule has 122 valence electrons. The van der Waals surface area contributed by atoms with Crippen molar-refractivity contribution < 1.29 is 18.3 Å². The SMILES string of the molecule is N#Cc1ccc(NS(=O)(=O)c2cc(C(=O)O)cc3c2CCC3)cc1. The number of benzene rings is 2. The molecule has 24 heavy (non-hydrogen) atoms. The molecule has 0 amide bonds. The lowest BCUT2D eigenvalue weighted by molar-refractivity contribution is 0.0696. The molecule has 0 saturated carbocycles. The molecule has 2 aromatic carbocycles. The van der Waals surface area contributed by atoms with Crippen molar-refractivity contribution >= 4 is 21.7 Å². The summed E-state index contributed by atoms with van der Waals surface area (Å²) in [5.41, 5.74) is 2.17. The van der Waals surface area contributed by atoms with Gasteiger partial charge in [-0.25, -0.2) is 13.2 Å². The van der Waals surface area contributed by atoms with Crippen molar-refractivity contribution in [3.8, 4) is 6.07 Å². The van der Waals surface area contributed by atoms with Gasteiger partial charge in [-0.05, 0) is 66.8 Å². The highest BCUT2D eigenvalue weighted by Crippen LogP contribution is 2.31. The maximum absolute atomic E-state index is 12.7. The Morgan fingerprint density at radius 2 is 1.88 bits per heavy atom. The van der Waals surface area contributed by atoms with E-state index in [1.54, 1.807) is 6.07 Å². The molecule has 0 fully saturated rings. The van der Waals surface area contributed by atoms with Crippen LogP contribution in [0.1, 0.15) is 33.5 Å². The van der Waals surface area contributed by atoms with Crippen molar-refractivity contribution in [1.29, 1.82) is 5.26 Å². The third-order valence-electron chi connectivity index (χ3n) is 3.98. The van der Waals surface area contributed by atoms with Gasteiger partial charge in [0.15, 0.2) is 0 Å². The highest BCUT2D eigenvalue weighted by Gasteiger charge is 2.26. The van der Waals surface area contributed by atoms with E-state index < -0.39 is 16.0 Å². The third kappa shape index (κ3) is 2.96. The lowest BCUT2D eigenvalue weighted by Crippen LogP contribution is -2.16. The summed E-state index contributed by atoms with van der Waals surface area (Å²) >= 11 is 0. The van der Waals surface area contributed by atoms with Gasteiger partial charge in [0.1, 0.15) is 0 Å². The van der Waals surface area contributed by atoms with Gasteiger partial charge in [-0.15, -0.1) is 0 Å². The van der Waals surface area contributed by atoms with Gasteiger partial charge in [-0.2, -0.15) is 5.26 Å². The zero-order valence-corrected chi connectivity index (χ0v) is 13.4. The molecule has 0 atom stereocenters. The summed E-state index contributed by atoms with van der Waals surface area (Å²) in [5, 5.41) is 18.0. The van der Waals surface area contributed by atoms with Crippen LogP contribution in [0.2, 0.25) is 0 Å². The van der Waals surface area contributed by atoms with Gasteiger partial charge in [-0.1, -0.05) is 0 Å². The molecule has 0 unspecified atom stereocenters. The van der Waals surface area contributed by atoms with Crippen molar-refractivity contribution in [2.45, 2.75) is 24.2 Å². The Morgan fingerprint density at radius 1 is 1.17 bits per heavy atom. The lowest BCUT2D eigenvalue weighted by Gasteiger charge is -2.13. The number of carboxylic acid groups (broad SMARTS) is 1. The first-order valence-corrected chi connectivity index (χ1v) is 8.81. The second kappa shape index (κ2) is 5.98. The van der Waals surface area contributed by atoms with Crippen molar-refractivity contribution in [3.63, 3.8) is 0 Å². The number of hydrogen-bond donors (Lipinski definition) is 2. The van der Waals surface area contributed by atoms with Gasteiger partial charge >= 0.3 is 5.97 Å². The smallest absolute Gasteiger partial charge is 0.335 e. The number of nitriles is 1. The van der Waals surface area contributed by atoms with E-state index in [1.807, 2.05) is 6.07 Å². The molecule has 1 aliphatic rings. The molecule has 0 spiro atoms. The average Bonchev–Trinajstić information content (AvgIpc) is 3.02. The predicted octanol–water partition coefficient (Wildman–Crippen LogP) is 2.55. The highest BCUT2D eigenvalue weighted by molar-refractivity contribution is 7.92. The van der Waals surface area contributed by atoms with E-state index in [4.69, 9.17) is 5.26 Å². The number of nitrogens with one attached hydrogen (secondary N) is 1. The summed E-state index contributed by atoms with van der Waals surface area (Å²) < 4.78 is 27.9. The highest BCUT2D eigenvalue weighted by atomic mass is 32.2. The van der Waals surface area contributed by atoms with Crippen LogP contribution in [0.4, 0.5) is 5.69 Å². The molecule has 0 saturated heterocycles. The zero-order valence-electron chi connectivity index (χ0n) is 12.6. The second-order valence-corrected chi connectivity index (χ2v) is 7.22. The summed E-state index contributed by atoms with van der Waals surface area (Å²) in [6, 6.07) is 10.7. The molecule has 2 N–H and O–H groups in total. The Hall–Kier alpha value is -2.85. The number of hydrogen-bond acceptors (Lipinski definition) is 4. The molecule has 0 bridgehead atoms. The Kier molecular flexibility index (Phi) is 3.99. The molecule has 0 radical (unpaired) electrons. The number of nitrogens with zero attached hydrogens (tertiary/aromatic N) is 1. The summed E-state index contributed by atoms with van der Waals surface area (Å²) in [7, 11) is -3.91. The van der Waals surface area contributed by atoms with E-state index in [-0.39, 0.29) is 10.5 Å². The first kappa shape index (κ1) is 16.0. The van der Waals surface area contributed by atoms with Crippen molar-refractivity contribution in [2.24, 2.45) is 0 Å². The minimum atomic E-state index is -3.91. The Labute approximate surface area is 139 Å². The van der Waals surface area contributed by atoms with E-state index in [1.165, 1.54) is 30.3 Å². The molecule has 2 aromatic rings. The largest absolute Gasteiger partial charge is 0.478 e. The minimum absolute atomic E-state index is 0.0132. The fourth-order valence-corrected chi connectivity index (χ4v) is 4.25. The quantitative estimate of drug-likeness (QED) is 0.888. The number of carbonyl (C=O) groups is 1. The van der Waals surface area contributed by atoms with Crippen molar-refractivity contribution in [1.82, 2.24) is 0 Å². The van der Waals surface area contributed by atoms with Gasteiger partial charge in [0.25, 0.3) is 10.0 Å². The van der Waals surface area contributed by atoms with Crippen LogP contribution in [-0.4, -0.2) is 19.5 Å². The van der Waals surface area contributed by atoms with Crippen LogP contribution in [-0.2, 0) is 22.9 Å². The van der Waals surface area contributed by atoms with Gasteiger partial charge in [-0.3, -0.25) is 4.72 Å². The Balaban J connectivity index is 2.03. The van der Waals surface area contributed by atoms with E-state index in [0.29, 0.717) is 29.7 Å². The standard InChI is InChI=1S/C17H14N2O4S/c18-10-11-4-6-14(7-5-11)19-24(22,23)16-9-13(17(20)21)8-12-2-1-3-15(12)16/h4-9,19H,1-3H2,(H,20,21). The number of anilines is 1. The van der Waals surface area contributed by atoms with E-state index in [9.17, 15) is 18.3 Å². The molecule has 7 heteroatoms. The first-order chi connectivity index (χ1) is 11.4. The van der Waals surface area contributed by atoms with Gasteiger partial charge < -0.3 is 5.11 Å². The maximum atomic E-state index is 12.7. The fraction of sp³-hybridized carbons (Fsp3) is 0.176. The van der Waals surface area contributed by atoms with E-state index >= 15 is 0 Å². The van der Waals surface area contributed by atoms with Crippen LogP contribution < -0.4 is 4.72 Å². The van der Waals surface area contributed by atoms with Crippen LogP contribution >= 0.6 is 0 Å². The maximum Gasteiger partial charge on any atom is 0.335 e. The molecule has 0 aromatic heterocycles. The van der Waals surface area contributed by atoms with E-state index in [2.05, 4.69) is 4.72 Å². The number of sulfonamides is 1. The van der Waals surface area contributed by atoms with E-state index in [0.717, 1.165) is 12.0 Å². The van der Waals surface area contributed by atoms with Gasteiger partial charge in [0.05, 0.1) is 22.1 Å². The number of carboxylic acids is 1. The predicted molar refractivity (Wildman–Crippen MR) is 87.4 cm³/mol. The fourth-order valence-electron chi connectivity index (χ4n) is 2.85. The molecular weight excluding hydrogens is 328 g/mol. The van der Waals surface area contributed by atoms with Crippen LogP contribution in [0.5, 0.6) is 0 Å². The topological polar surface area (TPSA) is 107 Å². The van der Waals surface area contributed by atoms with Crippen molar-refractivity contribution in [2.75, 3.05) is 4.72 Å². The average molecular weight is 342 g/mol. The summed E-state index contributed by atoms with van der Waals surface area (Å²) in [6.45, 7) is 0. The summed E-state index contributed by atoms with van der Waals surface area (Å²) in [4.78, 5) is 11.3. The minimum Gasteiger partial charge on any atom is -0.478 e. The molecule has 3 rings (SSSR count). The van der Waals surface area contributed by atoms with Crippen molar-refractivity contribution in [3.05, 3.63) is 58.7 Å². The molecular formula is C17H14N2O4S. The number of fused-ring (bicyclic) bond motifs is 1. The van der Waals surface area contributed by atoms with Gasteiger partial charge in [0, 0.05) is 5.69 Å². The first-order valence-electron chi connectivity index (χ1n) is 7.33. The zero-order chi connectivity index (χ0) is 17.3. The van der Waals surface area contributed by atoms with Gasteiger partial charge in [0.2, 0.25) is 0 Å². The summed E-state index contributed by atoms with van der Waals surface area (Å²) in [6.07, 6.45) is 2.09. The van der Waals surface area contributed by atoms with Crippen LogP contribution in [0.3, 0.4) is 0 Å². The Morgan fingerprint density at radius 3 is 2.50 bits per heavy atom. The molecule has 0 aliphatic heterocycles. The normalized spacial score (nSPS) is 13.1. The monoisotopic (exact) mass is 342 g/mol. The van der Waals surface area contributed by atoms with Crippen LogP contribution in [0, 0.1) is 11.3 Å².